The first-order valence-corrected chi connectivity index (χ1v) is 28.3. The molecule has 430 valence electrons. The van der Waals surface area contributed by atoms with Crippen LogP contribution in [0.15, 0.2) is 45.6 Å². The average molecular weight is 1190 g/mol. The third-order valence-corrected chi connectivity index (χ3v) is 17.3. The summed E-state index contributed by atoms with van der Waals surface area (Å²) in [6, 6.07) is 0.282. The minimum Gasteiger partial charge on any atom is -0.387 e. The van der Waals surface area contributed by atoms with Crippen molar-refractivity contribution in [2.24, 2.45) is 13.0 Å². The monoisotopic (exact) mass is 1190 g/mol. The molecular weight excluding hydrogens is 1140 g/mol. The lowest BCUT2D eigenvalue weighted by Crippen LogP contribution is -2.47. The number of methoxy groups -OCH3 is 1. The molecule has 4 unspecified atom stereocenters. The van der Waals surface area contributed by atoms with E-state index in [2.05, 4.69) is 38.9 Å². The molecule has 43 heteroatoms. The number of aliphatic hydroxyl groups is 3. The quantitative estimate of drug-likeness (QED) is 0.0244. The van der Waals surface area contributed by atoms with E-state index in [0.29, 0.717) is 0 Å². The zero-order valence-corrected chi connectivity index (χ0v) is 44.2. The van der Waals surface area contributed by atoms with Gasteiger partial charge in [0.05, 0.1) is 39.3 Å². The fraction of sp³-hybridized carbons (Fsp3) is 0.571. The first-order chi connectivity index (χ1) is 36.5. The summed E-state index contributed by atoms with van der Waals surface area (Å²) in [5.41, 5.74) is 9.15. The van der Waals surface area contributed by atoms with Crippen LogP contribution in [0.3, 0.4) is 0 Å². The Morgan fingerprint density at radius 3 is 2.12 bits per heavy atom. The number of nitrogens with one attached hydrogen (secondary N) is 3. The Kier molecular flexibility index (Phi) is 17.1. The number of phosphoric ester groups is 3. The maximum Gasteiger partial charge on any atom is 0.490 e. The van der Waals surface area contributed by atoms with Gasteiger partial charge in [0.2, 0.25) is 11.7 Å². The van der Waals surface area contributed by atoms with Gasteiger partial charge in [-0.1, -0.05) is 4.98 Å². The summed E-state index contributed by atoms with van der Waals surface area (Å²) in [4.78, 5) is 113. The highest BCUT2D eigenvalue weighted by Crippen LogP contribution is 2.68. The van der Waals surface area contributed by atoms with Crippen LogP contribution in [0.4, 0.5) is 16.6 Å². The number of carbonyl (C=O) groups excluding carboxylic acids is 1. The van der Waals surface area contributed by atoms with Gasteiger partial charge < -0.3 is 75.5 Å². The predicted molar refractivity (Wildman–Crippen MR) is 252 cm³/mol. The van der Waals surface area contributed by atoms with E-state index in [1.165, 1.54) is 41.2 Å². The number of amides is 2. The Morgan fingerprint density at radius 1 is 0.821 bits per heavy atom. The van der Waals surface area contributed by atoms with Crippen molar-refractivity contribution in [3.05, 3.63) is 62.4 Å². The number of anilines is 2. The number of nitrogens with zero attached hydrogens (tertiary/aromatic N) is 9. The van der Waals surface area contributed by atoms with Crippen LogP contribution in [-0.2, 0) is 71.0 Å². The number of aromatic nitrogens is 10. The zero-order valence-electron chi connectivity index (χ0n) is 40.6. The van der Waals surface area contributed by atoms with Crippen LogP contribution in [0.25, 0.3) is 22.3 Å². The summed E-state index contributed by atoms with van der Waals surface area (Å²) in [5.74, 6) is -1.60. The Hall–Kier alpha value is -5.31. The predicted octanol–water partition coefficient (Wildman–Crippen LogP) is -4.35. The highest BCUT2D eigenvalue weighted by molar-refractivity contribution is 7.66. The number of aryl methyl sites for hydroxylation is 1. The minimum absolute atomic E-state index is 0.00270. The van der Waals surface area contributed by atoms with Gasteiger partial charge in [-0.05, 0) is 0 Å². The number of nitrogens with two attached hydrogens (primary N) is 2. The van der Waals surface area contributed by atoms with Gasteiger partial charge >= 0.3 is 48.7 Å². The number of hydrogen-bond donors (Lipinski definition) is 12. The first-order valence-electron chi connectivity index (χ1n) is 22.3. The number of aromatic amines is 2. The Labute approximate surface area is 434 Å². The van der Waals surface area contributed by atoms with Gasteiger partial charge in [-0.3, -0.25) is 51.4 Å². The van der Waals surface area contributed by atoms with E-state index in [1.807, 2.05) is 4.98 Å². The van der Waals surface area contributed by atoms with Crippen molar-refractivity contribution < 1.29 is 108 Å². The van der Waals surface area contributed by atoms with E-state index in [9.17, 15) is 72.3 Å². The minimum atomic E-state index is -6.24. The van der Waals surface area contributed by atoms with Crippen LogP contribution in [-0.4, -0.2) is 186 Å². The van der Waals surface area contributed by atoms with Gasteiger partial charge in [-0.15, -0.1) is 0 Å². The number of aliphatic hydroxyl groups excluding tert-OH is 3. The molecule has 0 aliphatic carbocycles. The molecule has 0 radical (unpaired) electrons. The largest absolute Gasteiger partial charge is 0.490 e. The molecule has 0 spiro atoms. The summed E-state index contributed by atoms with van der Waals surface area (Å²) in [7, 11) is -18.2. The number of ether oxygens (including phenoxy) is 4. The molecule has 2 amide bonds. The number of imidazole rings is 2. The Bertz CT molecular complexity index is 3430. The topological polar surface area (TPSA) is 540 Å². The van der Waals surface area contributed by atoms with E-state index in [4.69, 9.17) is 48.5 Å². The fourth-order valence-electron chi connectivity index (χ4n) is 8.49. The second-order valence-corrected chi connectivity index (χ2v) is 23.5. The molecule has 0 saturated carbocycles. The number of H-pyrrole nitrogens is 2. The fourth-order valence-corrected chi connectivity index (χ4v) is 13.0. The summed E-state index contributed by atoms with van der Waals surface area (Å²) >= 11 is 0. The van der Waals surface area contributed by atoms with Crippen LogP contribution < -0.4 is 38.2 Å². The van der Waals surface area contributed by atoms with Gasteiger partial charge in [0.15, 0.2) is 30.2 Å². The van der Waals surface area contributed by atoms with Crippen LogP contribution in [0.5, 0.6) is 0 Å². The van der Waals surface area contributed by atoms with E-state index in [1.54, 1.807) is 0 Å². The highest BCUT2D eigenvalue weighted by atomic mass is 31.3. The smallest absolute Gasteiger partial charge is 0.387 e. The molecular formula is C35H51N14O25P4+. The maximum atomic E-state index is 13.6. The third-order valence-electron chi connectivity index (χ3n) is 12.0. The second-order valence-electron chi connectivity index (χ2n) is 17.5. The van der Waals surface area contributed by atoms with Gasteiger partial charge in [0.25, 0.3) is 17.1 Å². The van der Waals surface area contributed by atoms with Crippen molar-refractivity contribution in [3.8, 4) is 0 Å². The number of carbonyl (C=O) groups is 1. The van der Waals surface area contributed by atoms with Crippen molar-refractivity contribution in [1.29, 1.82) is 0 Å². The van der Waals surface area contributed by atoms with Crippen LogP contribution in [0.1, 0.15) is 18.7 Å². The normalized spacial score (nSPS) is 29.5. The van der Waals surface area contributed by atoms with E-state index in [-0.39, 0.29) is 40.6 Å². The van der Waals surface area contributed by atoms with Gasteiger partial charge in [-0.2, -0.15) is 8.62 Å². The van der Waals surface area contributed by atoms with E-state index >= 15 is 0 Å². The van der Waals surface area contributed by atoms with Crippen LogP contribution in [0.2, 0.25) is 0 Å². The molecule has 3 aliphatic rings. The zero-order chi connectivity index (χ0) is 57.0. The number of nitrogen functional groups attached to an aromatic ring is 2. The molecule has 0 bridgehead atoms. The van der Waals surface area contributed by atoms with Crippen LogP contribution >= 0.6 is 31.3 Å². The number of fused-ring (bicyclic) bond motifs is 2. The SMILES string of the molecule is CO[C@@H]1[C@H](OP(=O)(O)OC[C@H]2O[C@@H](n3ccc(=O)[nH]c3=O)[C@H](O)[C@@H]2O)[C@@H](COP(=O)(O)OP(=O)(O)OP(=O)(O)OC[C@H]2O[C@@H]([n+]3cn(C)c4c(=O)[nH]c(N)nc43)[C@H](O)[C@@H]2CNC(=O)N(C)C)O[C@H]1n1cnc2c(N)ncnc21. The number of rotatable bonds is 21. The summed E-state index contributed by atoms with van der Waals surface area (Å²) < 4.78 is 110. The molecule has 8 rings (SSSR count). The lowest BCUT2D eigenvalue weighted by Gasteiger charge is -2.26. The standard InChI is InChI=1S/C35H50N14O25P4/c1-45(2)34(55)38-7-14-15(69-30(21(14)51)49-13-46(3)20-28(49)43-33(37)44-29(20)54)8-67-76(59,60)73-78(63,64)74-77(61,62)68-10-17-24(25(65-4)32(71-17)48-12-41-19-26(36)39-11-40-27(19)48)72-75(57,58)66-9-16-22(52)23(53)31(70-16)47-6-5-18(50)42-35(47)56/h5-6,11-17,21-25,30-32,51-53H,7-10H2,1-4H3,(H10-,36,37,38,39,40,42,43,44,50,54,55,56,57,58,59,60,61,62,63,64)/p+1/t14-,15-,16-,17-,21-,22-,23-,24-,25-,30-,31-,32-/m1/s1. The van der Waals surface area contributed by atoms with Crippen molar-refractivity contribution in [1.82, 2.24) is 53.8 Å². The first kappa shape index (κ1) is 58.8. The molecule has 78 heavy (non-hydrogen) atoms. The number of phosphoric acid groups is 4. The van der Waals surface area contributed by atoms with E-state index < -0.39 is 147 Å². The van der Waals surface area contributed by atoms with Crippen molar-refractivity contribution in [2.75, 3.05) is 59.0 Å². The van der Waals surface area contributed by atoms with Gasteiger partial charge in [0, 0.05) is 45.9 Å². The maximum absolute atomic E-state index is 13.6. The third kappa shape index (κ3) is 12.7. The summed E-state index contributed by atoms with van der Waals surface area (Å²) in [6.07, 6.45) is -13.8. The Balaban J connectivity index is 0.950. The number of urea groups is 1. The van der Waals surface area contributed by atoms with Gasteiger partial charge in [-0.25, -0.2) is 47.4 Å². The molecule has 3 fully saturated rings. The number of hydrogen-bond acceptors (Lipinski definition) is 27. The lowest BCUT2D eigenvalue weighted by molar-refractivity contribution is -0.745. The average Bonchev–Trinajstić information content (AvgIpc) is 4.17. The second kappa shape index (κ2) is 22.7. The molecule has 3 aliphatic heterocycles. The molecule has 14 N–H and O–H groups in total. The van der Waals surface area contributed by atoms with E-state index in [0.717, 1.165) is 41.5 Å². The molecule has 5 aromatic rings. The molecule has 0 aromatic carbocycles. The molecule has 3 saturated heterocycles. The van der Waals surface area contributed by atoms with Crippen molar-refractivity contribution in [3.63, 3.8) is 0 Å². The molecule has 5 aromatic heterocycles. The van der Waals surface area contributed by atoms with Crippen molar-refractivity contribution in [2.45, 2.75) is 67.5 Å². The molecule has 8 heterocycles. The summed E-state index contributed by atoms with van der Waals surface area (Å²) in [6.45, 7) is -3.73. The lowest BCUT2D eigenvalue weighted by atomic mass is 9.98. The van der Waals surface area contributed by atoms with Crippen molar-refractivity contribution >= 4 is 71.4 Å². The summed E-state index contributed by atoms with van der Waals surface area (Å²) in [5, 5.41) is 35.3. The Morgan fingerprint density at radius 2 is 1.46 bits per heavy atom. The van der Waals surface area contributed by atoms with Crippen LogP contribution in [0, 0.1) is 5.92 Å². The van der Waals surface area contributed by atoms with Gasteiger partial charge in [0.1, 0.15) is 54.6 Å². The molecule has 16 atom stereocenters. The molecule has 39 nitrogen and oxygen atoms in total. The highest BCUT2D eigenvalue weighted by Gasteiger charge is 2.54.